The molecule has 1 fully saturated rings. The molecule has 2 rings (SSSR count). The molecule has 1 aliphatic rings. The first kappa shape index (κ1) is 13.6. The van der Waals surface area contributed by atoms with Crippen LogP contribution in [0, 0.1) is 5.82 Å². The lowest BCUT2D eigenvalue weighted by Crippen LogP contribution is -2.36. The van der Waals surface area contributed by atoms with Gasteiger partial charge in [0.05, 0.1) is 11.3 Å². The Morgan fingerprint density at radius 2 is 1.89 bits per heavy atom. The quantitative estimate of drug-likeness (QED) is 0.815. The number of aliphatic hydroxyl groups is 1. The summed E-state index contributed by atoms with van der Waals surface area (Å²) in [7, 11) is 0. The minimum absolute atomic E-state index is 0.336. The number of benzene rings is 1. The molecule has 0 unspecified atom stereocenters. The second-order valence-corrected chi connectivity index (χ2v) is 5.55. The third-order valence-electron chi connectivity index (χ3n) is 3.57. The molecule has 2 nitrogen and oxygen atoms in total. The summed E-state index contributed by atoms with van der Waals surface area (Å²) in [5.74, 6) is -0.336. The maximum absolute atomic E-state index is 13.5. The molecule has 1 aliphatic carbocycles. The SMILES string of the molecule is OC1(CNc2cc(Cl)ccc2F)CCCCCC1. The van der Waals surface area contributed by atoms with Crippen LogP contribution in [0.3, 0.4) is 0 Å². The van der Waals surface area contributed by atoms with Gasteiger partial charge in [-0.25, -0.2) is 4.39 Å². The number of nitrogens with one attached hydrogen (secondary N) is 1. The molecule has 0 aliphatic heterocycles. The monoisotopic (exact) mass is 271 g/mol. The smallest absolute Gasteiger partial charge is 0.146 e. The molecular formula is C14H19ClFNO. The summed E-state index contributed by atoms with van der Waals surface area (Å²) in [6.07, 6.45) is 5.98. The van der Waals surface area contributed by atoms with Gasteiger partial charge in [0, 0.05) is 11.6 Å². The molecule has 0 radical (unpaired) electrons. The highest BCUT2D eigenvalue weighted by Gasteiger charge is 2.27. The summed E-state index contributed by atoms with van der Waals surface area (Å²) >= 11 is 5.83. The van der Waals surface area contributed by atoms with Crippen molar-refractivity contribution in [1.82, 2.24) is 0 Å². The van der Waals surface area contributed by atoms with Gasteiger partial charge < -0.3 is 10.4 Å². The van der Waals surface area contributed by atoms with E-state index in [9.17, 15) is 9.50 Å². The second kappa shape index (κ2) is 5.89. The van der Waals surface area contributed by atoms with Crippen molar-refractivity contribution in [2.45, 2.75) is 44.1 Å². The van der Waals surface area contributed by atoms with Crippen molar-refractivity contribution >= 4 is 17.3 Å². The highest BCUT2D eigenvalue weighted by Crippen LogP contribution is 2.28. The number of rotatable bonds is 3. The molecular weight excluding hydrogens is 253 g/mol. The van der Waals surface area contributed by atoms with Gasteiger partial charge >= 0.3 is 0 Å². The van der Waals surface area contributed by atoms with Crippen molar-refractivity contribution in [3.8, 4) is 0 Å². The first-order chi connectivity index (χ1) is 8.59. The standard InChI is InChI=1S/C14H19ClFNO/c15-11-5-6-12(16)13(9-11)17-10-14(18)7-3-1-2-4-8-14/h5-6,9,17-18H,1-4,7-8,10H2. The Morgan fingerprint density at radius 3 is 2.56 bits per heavy atom. The first-order valence-electron chi connectivity index (χ1n) is 6.50. The Labute approximate surface area is 112 Å². The lowest BCUT2D eigenvalue weighted by molar-refractivity contribution is 0.0381. The van der Waals surface area contributed by atoms with Crippen LogP contribution in [0.15, 0.2) is 18.2 Å². The van der Waals surface area contributed by atoms with Crippen LogP contribution >= 0.6 is 11.6 Å². The molecule has 2 N–H and O–H groups in total. The van der Waals surface area contributed by atoms with E-state index in [0.29, 0.717) is 17.3 Å². The van der Waals surface area contributed by atoms with Crippen molar-refractivity contribution in [3.05, 3.63) is 29.0 Å². The molecule has 18 heavy (non-hydrogen) atoms. The van der Waals surface area contributed by atoms with Crippen LogP contribution < -0.4 is 5.32 Å². The van der Waals surface area contributed by atoms with E-state index >= 15 is 0 Å². The molecule has 1 aromatic carbocycles. The van der Waals surface area contributed by atoms with Crippen LogP contribution in [0.25, 0.3) is 0 Å². The Kier molecular flexibility index (Phi) is 4.46. The highest BCUT2D eigenvalue weighted by molar-refractivity contribution is 6.30. The van der Waals surface area contributed by atoms with E-state index < -0.39 is 5.60 Å². The Morgan fingerprint density at radius 1 is 1.22 bits per heavy atom. The van der Waals surface area contributed by atoms with E-state index in [2.05, 4.69) is 5.32 Å². The summed E-state index contributed by atoms with van der Waals surface area (Å²) in [6, 6.07) is 4.40. The average Bonchev–Trinajstić information content (AvgIpc) is 2.56. The normalized spacial score (nSPS) is 19.3. The number of halogens is 2. The third-order valence-corrected chi connectivity index (χ3v) is 3.81. The van der Waals surface area contributed by atoms with Gasteiger partial charge in [-0.1, -0.05) is 37.3 Å². The molecule has 1 saturated carbocycles. The van der Waals surface area contributed by atoms with Crippen LogP contribution in [0.4, 0.5) is 10.1 Å². The minimum atomic E-state index is -0.717. The summed E-state index contributed by atoms with van der Waals surface area (Å²) < 4.78 is 13.5. The maximum atomic E-state index is 13.5. The van der Waals surface area contributed by atoms with Gasteiger partial charge in [-0.3, -0.25) is 0 Å². The van der Waals surface area contributed by atoms with Crippen molar-refractivity contribution < 1.29 is 9.50 Å². The van der Waals surface area contributed by atoms with Crippen LogP contribution in [0.2, 0.25) is 5.02 Å². The van der Waals surface area contributed by atoms with E-state index in [1.165, 1.54) is 25.0 Å². The van der Waals surface area contributed by atoms with E-state index in [1.807, 2.05) is 0 Å². The molecule has 0 amide bonds. The molecule has 4 heteroatoms. The van der Waals surface area contributed by atoms with Gasteiger partial charge in [0.25, 0.3) is 0 Å². The van der Waals surface area contributed by atoms with Crippen LogP contribution in [0.5, 0.6) is 0 Å². The largest absolute Gasteiger partial charge is 0.388 e. The molecule has 1 aromatic rings. The number of anilines is 1. The third kappa shape index (κ3) is 3.59. The predicted molar refractivity (Wildman–Crippen MR) is 72.6 cm³/mol. The second-order valence-electron chi connectivity index (χ2n) is 5.12. The summed E-state index contributed by atoms with van der Waals surface area (Å²) in [4.78, 5) is 0. The Balaban J connectivity index is 1.99. The number of hydrogen-bond acceptors (Lipinski definition) is 2. The van der Waals surface area contributed by atoms with E-state index in [4.69, 9.17) is 11.6 Å². The van der Waals surface area contributed by atoms with Crippen molar-refractivity contribution in [1.29, 1.82) is 0 Å². The maximum Gasteiger partial charge on any atom is 0.146 e. The summed E-state index contributed by atoms with van der Waals surface area (Å²) in [6.45, 7) is 0.379. The van der Waals surface area contributed by atoms with E-state index in [-0.39, 0.29) is 5.82 Å². The fourth-order valence-corrected chi connectivity index (χ4v) is 2.63. The van der Waals surface area contributed by atoms with Crippen molar-refractivity contribution in [2.75, 3.05) is 11.9 Å². The molecule has 0 heterocycles. The lowest BCUT2D eigenvalue weighted by atomic mass is 9.94. The zero-order chi connectivity index (χ0) is 13.0. The minimum Gasteiger partial charge on any atom is -0.388 e. The Bertz CT molecular complexity index is 403. The van der Waals surface area contributed by atoms with Crippen LogP contribution in [0.1, 0.15) is 38.5 Å². The van der Waals surface area contributed by atoms with Gasteiger partial charge in [-0.2, -0.15) is 0 Å². The molecule has 0 bridgehead atoms. The fraction of sp³-hybridized carbons (Fsp3) is 0.571. The average molecular weight is 272 g/mol. The first-order valence-corrected chi connectivity index (χ1v) is 6.88. The summed E-state index contributed by atoms with van der Waals surface area (Å²) in [5, 5.41) is 13.9. The zero-order valence-electron chi connectivity index (χ0n) is 10.4. The van der Waals surface area contributed by atoms with Crippen molar-refractivity contribution in [2.24, 2.45) is 0 Å². The molecule has 0 aromatic heterocycles. The molecule has 0 spiro atoms. The molecule has 100 valence electrons. The summed E-state index contributed by atoms with van der Waals surface area (Å²) in [5.41, 5.74) is -0.356. The fourth-order valence-electron chi connectivity index (χ4n) is 2.46. The topological polar surface area (TPSA) is 32.3 Å². The van der Waals surface area contributed by atoms with Gasteiger partial charge in [0.15, 0.2) is 0 Å². The zero-order valence-corrected chi connectivity index (χ0v) is 11.1. The van der Waals surface area contributed by atoms with Gasteiger partial charge in [-0.05, 0) is 31.0 Å². The van der Waals surface area contributed by atoms with Gasteiger partial charge in [-0.15, -0.1) is 0 Å². The number of hydrogen-bond donors (Lipinski definition) is 2. The van der Waals surface area contributed by atoms with Gasteiger partial charge in [0.1, 0.15) is 5.82 Å². The lowest BCUT2D eigenvalue weighted by Gasteiger charge is -2.27. The van der Waals surface area contributed by atoms with Crippen LogP contribution in [-0.2, 0) is 0 Å². The molecule has 0 saturated heterocycles. The van der Waals surface area contributed by atoms with Crippen molar-refractivity contribution in [3.63, 3.8) is 0 Å². The molecule has 0 atom stereocenters. The van der Waals surface area contributed by atoms with E-state index in [1.54, 1.807) is 6.07 Å². The van der Waals surface area contributed by atoms with Gasteiger partial charge in [0.2, 0.25) is 0 Å². The highest BCUT2D eigenvalue weighted by atomic mass is 35.5. The predicted octanol–water partition coefficient (Wildman–Crippen LogP) is 3.98. The van der Waals surface area contributed by atoms with E-state index in [0.717, 1.165) is 25.7 Å². The van der Waals surface area contributed by atoms with Crippen LogP contribution in [-0.4, -0.2) is 17.3 Å². The Hall–Kier alpha value is -0.800.